The molecule has 3 heteroatoms. The molecule has 0 saturated carbocycles. The van der Waals surface area contributed by atoms with Gasteiger partial charge in [0.05, 0.1) is 6.61 Å². The average molecular weight is 329 g/mol. The molecule has 0 radical (unpaired) electrons. The smallest absolute Gasteiger partial charge is 0.268 e. The molecule has 0 spiro atoms. The third-order valence-electron chi connectivity index (χ3n) is 3.70. The number of hydrogen-bond donors (Lipinski definition) is 1. The van der Waals surface area contributed by atoms with E-state index in [1.807, 2.05) is 91.0 Å². The summed E-state index contributed by atoms with van der Waals surface area (Å²) < 4.78 is 0. The molecule has 0 heterocycles. The minimum absolute atomic E-state index is 0.293. The van der Waals surface area contributed by atoms with E-state index in [9.17, 15) is 4.79 Å². The van der Waals surface area contributed by atoms with Gasteiger partial charge in [-0.25, -0.2) is 5.48 Å². The van der Waals surface area contributed by atoms with Gasteiger partial charge in [-0.1, -0.05) is 91.0 Å². The molecule has 3 nitrogen and oxygen atoms in total. The number of nitrogens with one attached hydrogen (secondary N) is 1. The molecule has 0 aliphatic heterocycles. The molecule has 0 unspecified atom stereocenters. The first-order chi connectivity index (χ1) is 12.3. The Bertz CT molecular complexity index is 786. The lowest BCUT2D eigenvalue weighted by atomic mass is 9.97. The molecule has 0 aliphatic rings. The number of rotatable bonds is 6. The molecular formula is C22H19NO2. The van der Waals surface area contributed by atoms with Crippen LogP contribution in [0.5, 0.6) is 0 Å². The second-order valence-electron chi connectivity index (χ2n) is 5.53. The van der Waals surface area contributed by atoms with Gasteiger partial charge in [-0.15, -0.1) is 0 Å². The van der Waals surface area contributed by atoms with Gasteiger partial charge < -0.3 is 0 Å². The molecule has 3 rings (SSSR count). The van der Waals surface area contributed by atoms with Crippen LogP contribution < -0.4 is 5.48 Å². The predicted molar refractivity (Wildman–Crippen MR) is 99.3 cm³/mol. The van der Waals surface area contributed by atoms with Crippen LogP contribution in [-0.4, -0.2) is 5.91 Å². The fourth-order valence-electron chi connectivity index (χ4n) is 2.49. The highest BCUT2D eigenvalue weighted by Crippen LogP contribution is 2.22. The van der Waals surface area contributed by atoms with E-state index in [1.165, 1.54) is 0 Å². The van der Waals surface area contributed by atoms with Crippen molar-refractivity contribution in [3.8, 4) is 0 Å². The van der Waals surface area contributed by atoms with Crippen molar-refractivity contribution in [1.29, 1.82) is 0 Å². The van der Waals surface area contributed by atoms with Crippen LogP contribution >= 0.6 is 0 Å². The second-order valence-corrected chi connectivity index (χ2v) is 5.53. The molecule has 1 amide bonds. The standard InChI is InChI=1S/C22H19NO2/c24-22(23-25-17-18-10-4-1-5-11-18)16-21(19-12-6-2-7-13-19)20-14-8-3-9-15-20/h1-16H,17H2,(H,23,24). The summed E-state index contributed by atoms with van der Waals surface area (Å²) in [7, 11) is 0. The Kier molecular flexibility index (Phi) is 5.75. The van der Waals surface area contributed by atoms with Gasteiger partial charge in [0, 0.05) is 6.08 Å². The quantitative estimate of drug-likeness (QED) is 0.539. The fourth-order valence-corrected chi connectivity index (χ4v) is 2.49. The van der Waals surface area contributed by atoms with Crippen LogP contribution in [0, 0.1) is 0 Å². The van der Waals surface area contributed by atoms with E-state index >= 15 is 0 Å². The van der Waals surface area contributed by atoms with Gasteiger partial charge in [-0.05, 0) is 22.3 Å². The number of carbonyl (C=O) groups excluding carboxylic acids is 1. The summed E-state index contributed by atoms with van der Waals surface area (Å²) in [5.41, 5.74) is 6.29. The van der Waals surface area contributed by atoms with Crippen LogP contribution in [0.15, 0.2) is 97.1 Å². The third kappa shape index (κ3) is 4.90. The number of amides is 1. The Morgan fingerprint density at radius 2 is 1.24 bits per heavy atom. The minimum atomic E-state index is -0.293. The van der Waals surface area contributed by atoms with Crippen LogP contribution in [0.4, 0.5) is 0 Å². The lowest BCUT2D eigenvalue weighted by molar-refractivity contribution is -0.129. The van der Waals surface area contributed by atoms with Crippen molar-refractivity contribution in [2.75, 3.05) is 0 Å². The number of carbonyl (C=O) groups is 1. The third-order valence-corrected chi connectivity index (χ3v) is 3.70. The Morgan fingerprint density at radius 3 is 1.76 bits per heavy atom. The first-order valence-corrected chi connectivity index (χ1v) is 8.11. The van der Waals surface area contributed by atoms with Gasteiger partial charge in [-0.2, -0.15) is 0 Å². The molecule has 0 bridgehead atoms. The summed E-state index contributed by atoms with van der Waals surface area (Å²) in [6.07, 6.45) is 1.57. The van der Waals surface area contributed by atoms with E-state index in [4.69, 9.17) is 4.84 Å². The van der Waals surface area contributed by atoms with E-state index < -0.39 is 0 Å². The van der Waals surface area contributed by atoms with Crippen molar-refractivity contribution in [2.24, 2.45) is 0 Å². The van der Waals surface area contributed by atoms with Crippen molar-refractivity contribution in [1.82, 2.24) is 5.48 Å². The number of hydroxylamine groups is 1. The maximum atomic E-state index is 12.3. The Balaban J connectivity index is 1.73. The Morgan fingerprint density at radius 1 is 0.760 bits per heavy atom. The van der Waals surface area contributed by atoms with Crippen LogP contribution in [0.1, 0.15) is 16.7 Å². The fraction of sp³-hybridized carbons (Fsp3) is 0.0455. The maximum absolute atomic E-state index is 12.3. The van der Waals surface area contributed by atoms with Gasteiger partial charge in [0.1, 0.15) is 0 Å². The zero-order chi connectivity index (χ0) is 17.3. The van der Waals surface area contributed by atoms with E-state index in [0.29, 0.717) is 6.61 Å². The van der Waals surface area contributed by atoms with E-state index in [0.717, 1.165) is 22.3 Å². The highest BCUT2D eigenvalue weighted by Gasteiger charge is 2.07. The van der Waals surface area contributed by atoms with Crippen molar-refractivity contribution in [3.63, 3.8) is 0 Å². The number of benzene rings is 3. The van der Waals surface area contributed by atoms with E-state index in [1.54, 1.807) is 6.08 Å². The lowest BCUT2D eigenvalue weighted by Gasteiger charge is -2.09. The van der Waals surface area contributed by atoms with Crippen molar-refractivity contribution >= 4 is 11.5 Å². The predicted octanol–water partition coefficient (Wildman–Crippen LogP) is 4.37. The number of hydrogen-bond acceptors (Lipinski definition) is 2. The highest BCUT2D eigenvalue weighted by molar-refractivity contribution is 5.98. The van der Waals surface area contributed by atoms with Crippen molar-refractivity contribution in [3.05, 3.63) is 114 Å². The minimum Gasteiger partial charge on any atom is -0.269 e. The summed E-state index contributed by atoms with van der Waals surface area (Å²) in [5, 5.41) is 0. The van der Waals surface area contributed by atoms with Crippen LogP contribution in [0.25, 0.3) is 5.57 Å². The van der Waals surface area contributed by atoms with Crippen LogP contribution in [-0.2, 0) is 16.2 Å². The molecule has 0 atom stereocenters. The highest BCUT2D eigenvalue weighted by atomic mass is 16.6. The molecular weight excluding hydrogens is 310 g/mol. The zero-order valence-electron chi connectivity index (χ0n) is 13.8. The molecule has 3 aromatic rings. The SMILES string of the molecule is O=C(C=C(c1ccccc1)c1ccccc1)NOCc1ccccc1. The topological polar surface area (TPSA) is 38.3 Å². The second kappa shape index (κ2) is 8.62. The van der Waals surface area contributed by atoms with Gasteiger partial charge >= 0.3 is 0 Å². The monoisotopic (exact) mass is 329 g/mol. The van der Waals surface area contributed by atoms with Gasteiger partial charge in [0.2, 0.25) is 0 Å². The van der Waals surface area contributed by atoms with Gasteiger partial charge in [0.15, 0.2) is 0 Å². The summed E-state index contributed by atoms with van der Waals surface area (Å²) in [5.74, 6) is -0.293. The molecule has 0 saturated heterocycles. The summed E-state index contributed by atoms with van der Waals surface area (Å²) >= 11 is 0. The summed E-state index contributed by atoms with van der Waals surface area (Å²) in [6.45, 7) is 0.326. The summed E-state index contributed by atoms with van der Waals surface area (Å²) in [4.78, 5) is 17.6. The molecule has 0 fully saturated rings. The van der Waals surface area contributed by atoms with Gasteiger partial charge in [-0.3, -0.25) is 9.63 Å². The molecule has 0 aromatic heterocycles. The van der Waals surface area contributed by atoms with E-state index in [2.05, 4.69) is 5.48 Å². The average Bonchev–Trinajstić information content (AvgIpc) is 2.68. The Labute approximate surface area is 147 Å². The molecule has 0 aliphatic carbocycles. The normalized spacial score (nSPS) is 10.1. The summed E-state index contributed by atoms with van der Waals surface area (Å²) in [6, 6.07) is 29.4. The first kappa shape index (κ1) is 16.7. The van der Waals surface area contributed by atoms with Crippen LogP contribution in [0.2, 0.25) is 0 Å². The Hall–Kier alpha value is -3.17. The zero-order valence-corrected chi connectivity index (χ0v) is 13.8. The molecule has 25 heavy (non-hydrogen) atoms. The van der Waals surface area contributed by atoms with Crippen molar-refractivity contribution in [2.45, 2.75) is 6.61 Å². The molecule has 1 N–H and O–H groups in total. The molecule has 124 valence electrons. The maximum Gasteiger partial charge on any atom is 0.268 e. The van der Waals surface area contributed by atoms with Gasteiger partial charge in [0.25, 0.3) is 5.91 Å². The largest absolute Gasteiger partial charge is 0.269 e. The van der Waals surface area contributed by atoms with Crippen molar-refractivity contribution < 1.29 is 9.63 Å². The molecule has 3 aromatic carbocycles. The van der Waals surface area contributed by atoms with E-state index in [-0.39, 0.29) is 5.91 Å². The lowest BCUT2D eigenvalue weighted by Crippen LogP contribution is -2.21. The van der Waals surface area contributed by atoms with Crippen LogP contribution in [0.3, 0.4) is 0 Å². The first-order valence-electron chi connectivity index (χ1n) is 8.11.